The first-order valence-corrected chi connectivity index (χ1v) is 28.1. The fourth-order valence-electron chi connectivity index (χ4n) is 15.7. The van der Waals surface area contributed by atoms with E-state index in [1.807, 2.05) is 0 Å². The Bertz CT molecular complexity index is 3690. The standard InChI is InChI=1S/C74H62N4/c1-71(2)57-25-13-9-21-49(57)53-41-45(33-37-61(53)71)75-65-29-17-18-30-66(65)76(46-34-38-62-54(42-46)50-22-10-14-26-58(50)72(62,3)4)69(75)70-77(47-35-39-63-55(43-47)51-23-11-15-27-59(51)73(63,5)6)67-31-19-20-32-68(67)78(70)48-36-40-64-56(44-48)52-24-12-16-28-60(52)74(64,7)8/h9-44,69-70H,1-8H3. The Morgan fingerprint density at radius 2 is 0.410 bits per heavy atom. The van der Waals surface area contributed by atoms with Gasteiger partial charge in [-0.05, 0) is 162 Å². The molecule has 4 nitrogen and oxygen atoms in total. The van der Waals surface area contributed by atoms with Crippen LogP contribution in [0.5, 0.6) is 0 Å². The van der Waals surface area contributed by atoms with Gasteiger partial charge in [0.05, 0.1) is 22.7 Å². The number of hydrogen-bond donors (Lipinski definition) is 0. The minimum Gasteiger partial charge on any atom is -0.314 e. The Kier molecular flexibility index (Phi) is 9.08. The second-order valence-electron chi connectivity index (χ2n) is 24.9. The van der Waals surface area contributed by atoms with E-state index in [1.54, 1.807) is 0 Å². The lowest BCUT2D eigenvalue weighted by Crippen LogP contribution is -2.58. The molecular weight excluding hydrogens is 945 g/mol. The molecule has 0 atom stereocenters. The van der Waals surface area contributed by atoms with Gasteiger partial charge in [-0.1, -0.05) is 201 Å². The van der Waals surface area contributed by atoms with Crippen molar-refractivity contribution in [2.24, 2.45) is 0 Å². The molecule has 0 radical (unpaired) electrons. The minimum absolute atomic E-state index is 0.129. The molecule has 6 aliphatic rings. The second-order valence-corrected chi connectivity index (χ2v) is 24.9. The normalized spacial score (nSPS) is 17.7. The monoisotopic (exact) mass is 1010 g/mol. The van der Waals surface area contributed by atoms with Crippen LogP contribution in [-0.4, -0.2) is 12.3 Å². The molecule has 78 heavy (non-hydrogen) atoms. The molecule has 0 fully saturated rings. The lowest BCUT2D eigenvalue weighted by atomic mass is 9.82. The molecule has 10 aromatic carbocycles. The molecule has 2 heterocycles. The maximum atomic E-state index is 2.70. The van der Waals surface area contributed by atoms with Crippen LogP contribution in [0, 0.1) is 0 Å². The van der Waals surface area contributed by atoms with Crippen molar-refractivity contribution in [2.45, 2.75) is 89.4 Å². The van der Waals surface area contributed by atoms with E-state index in [9.17, 15) is 0 Å². The Hall–Kier alpha value is -8.60. The van der Waals surface area contributed by atoms with Crippen molar-refractivity contribution in [3.8, 4) is 44.5 Å². The lowest BCUT2D eigenvalue weighted by molar-refractivity contribution is 0.549. The molecule has 0 N–H and O–H groups in total. The third kappa shape index (κ3) is 5.85. The number of anilines is 8. The molecular formula is C74H62N4. The van der Waals surface area contributed by atoms with E-state index in [4.69, 9.17) is 0 Å². The van der Waals surface area contributed by atoms with Gasteiger partial charge in [-0.25, -0.2) is 0 Å². The zero-order valence-electron chi connectivity index (χ0n) is 45.7. The molecule has 0 aromatic heterocycles. The zero-order chi connectivity index (χ0) is 52.8. The zero-order valence-corrected chi connectivity index (χ0v) is 45.7. The summed E-state index contributed by atoms with van der Waals surface area (Å²) in [6, 6.07) is 84.1. The molecule has 16 rings (SSSR count). The van der Waals surface area contributed by atoms with Gasteiger partial charge in [-0.2, -0.15) is 0 Å². The topological polar surface area (TPSA) is 13.0 Å². The summed E-state index contributed by atoms with van der Waals surface area (Å²) < 4.78 is 0. The van der Waals surface area contributed by atoms with Crippen LogP contribution in [0.3, 0.4) is 0 Å². The summed E-state index contributed by atoms with van der Waals surface area (Å²) in [5.41, 5.74) is 30.4. The van der Waals surface area contributed by atoms with Gasteiger partial charge >= 0.3 is 0 Å². The average molecular weight is 1010 g/mol. The summed E-state index contributed by atoms with van der Waals surface area (Å²) in [7, 11) is 0. The summed E-state index contributed by atoms with van der Waals surface area (Å²) >= 11 is 0. The predicted molar refractivity (Wildman–Crippen MR) is 325 cm³/mol. The quantitative estimate of drug-likeness (QED) is 0.170. The van der Waals surface area contributed by atoms with Gasteiger partial charge < -0.3 is 19.6 Å². The van der Waals surface area contributed by atoms with Gasteiger partial charge in [-0.15, -0.1) is 0 Å². The van der Waals surface area contributed by atoms with Crippen molar-refractivity contribution in [1.29, 1.82) is 0 Å². The average Bonchev–Trinajstić information content (AvgIpc) is 3.93. The molecule has 4 aliphatic carbocycles. The molecule has 378 valence electrons. The van der Waals surface area contributed by atoms with E-state index in [0.717, 1.165) is 0 Å². The van der Waals surface area contributed by atoms with Crippen molar-refractivity contribution in [1.82, 2.24) is 0 Å². The van der Waals surface area contributed by atoms with E-state index >= 15 is 0 Å². The maximum Gasteiger partial charge on any atom is 0.151 e. The van der Waals surface area contributed by atoms with Gasteiger partial charge in [0, 0.05) is 44.4 Å². The van der Waals surface area contributed by atoms with E-state index in [0.29, 0.717) is 0 Å². The van der Waals surface area contributed by atoms with Crippen LogP contribution >= 0.6 is 0 Å². The fourth-order valence-corrected chi connectivity index (χ4v) is 15.7. The first-order chi connectivity index (χ1) is 37.7. The number of benzene rings is 10. The Labute approximate surface area is 459 Å². The van der Waals surface area contributed by atoms with Gasteiger partial charge in [0.1, 0.15) is 0 Å². The molecule has 4 heteroatoms. The summed E-state index contributed by atoms with van der Waals surface area (Å²) in [6.07, 6.45) is -0.650. The van der Waals surface area contributed by atoms with Crippen molar-refractivity contribution >= 4 is 45.5 Å². The number of fused-ring (bicyclic) bond motifs is 14. The highest BCUT2D eigenvalue weighted by Gasteiger charge is 2.53. The molecule has 0 unspecified atom stereocenters. The van der Waals surface area contributed by atoms with Crippen molar-refractivity contribution < 1.29 is 0 Å². The Balaban J connectivity index is 0.991. The van der Waals surface area contributed by atoms with Crippen LogP contribution in [0.15, 0.2) is 218 Å². The molecule has 0 saturated heterocycles. The fraction of sp³-hybridized carbons (Fsp3) is 0.189. The van der Waals surface area contributed by atoms with Crippen molar-refractivity contribution in [2.75, 3.05) is 19.6 Å². The number of hydrogen-bond acceptors (Lipinski definition) is 4. The molecule has 0 bridgehead atoms. The smallest absolute Gasteiger partial charge is 0.151 e. The third-order valence-electron chi connectivity index (χ3n) is 19.5. The molecule has 0 amide bonds. The van der Waals surface area contributed by atoms with E-state index < -0.39 is 0 Å². The van der Waals surface area contributed by atoms with Crippen LogP contribution in [-0.2, 0) is 21.7 Å². The maximum absolute atomic E-state index is 2.70. The summed E-state index contributed by atoms with van der Waals surface area (Å²) in [4.78, 5) is 10.8. The third-order valence-corrected chi connectivity index (χ3v) is 19.5. The van der Waals surface area contributed by atoms with E-state index in [2.05, 4.69) is 293 Å². The van der Waals surface area contributed by atoms with Crippen LogP contribution in [0.1, 0.15) is 99.9 Å². The highest BCUT2D eigenvalue weighted by atomic mass is 15.5. The van der Waals surface area contributed by atoms with E-state index in [-0.39, 0.29) is 34.0 Å². The van der Waals surface area contributed by atoms with Crippen molar-refractivity contribution in [3.63, 3.8) is 0 Å². The van der Waals surface area contributed by atoms with Crippen LogP contribution in [0.25, 0.3) is 44.5 Å². The molecule has 2 aliphatic heterocycles. The van der Waals surface area contributed by atoms with Crippen LogP contribution in [0.4, 0.5) is 45.5 Å². The first-order valence-electron chi connectivity index (χ1n) is 28.1. The number of nitrogens with zero attached hydrogens (tertiary/aromatic N) is 4. The lowest BCUT2D eigenvalue weighted by Gasteiger charge is -2.45. The largest absolute Gasteiger partial charge is 0.314 e. The summed E-state index contributed by atoms with van der Waals surface area (Å²) in [5.74, 6) is 0. The van der Waals surface area contributed by atoms with Gasteiger partial charge in [-0.3, -0.25) is 0 Å². The van der Waals surface area contributed by atoms with Crippen LogP contribution < -0.4 is 19.6 Å². The summed E-state index contributed by atoms with van der Waals surface area (Å²) in [6.45, 7) is 19.1. The van der Waals surface area contributed by atoms with Gasteiger partial charge in [0.25, 0.3) is 0 Å². The van der Waals surface area contributed by atoms with Gasteiger partial charge in [0.2, 0.25) is 0 Å². The molecule has 0 spiro atoms. The first kappa shape index (κ1) is 45.6. The molecule has 10 aromatic rings. The van der Waals surface area contributed by atoms with Gasteiger partial charge in [0.15, 0.2) is 12.3 Å². The highest BCUT2D eigenvalue weighted by molar-refractivity contribution is 5.98. The predicted octanol–water partition coefficient (Wildman–Crippen LogP) is 18.8. The number of rotatable bonds is 5. The minimum atomic E-state index is -0.325. The Morgan fingerprint density at radius 1 is 0.218 bits per heavy atom. The Morgan fingerprint density at radius 3 is 0.641 bits per heavy atom. The highest BCUT2D eigenvalue weighted by Crippen LogP contribution is 2.61. The van der Waals surface area contributed by atoms with E-state index in [1.165, 1.54) is 135 Å². The second kappa shape index (κ2) is 15.5. The SMILES string of the molecule is CC1(C)c2ccccc2-c2cc(N3c4ccccc4N(c4ccc5c(c4)-c4ccccc4C5(C)C)C3C3N(c4ccc5c(c4)-c4ccccc4C5(C)C)c4ccccc4N3c3ccc4c(c3)-c3ccccc3C4(C)C)ccc21. The summed E-state index contributed by atoms with van der Waals surface area (Å²) in [5, 5.41) is 0. The molecule has 0 saturated carbocycles. The number of para-hydroxylation sites is 4. The van der Waals surface area contributed by atoms with Crippen molar-refractivity contribution in [3.05, 3.63) is 263 Å². The van der Waals surface area contributed by atoms with Crippen LogP contribution in [0.2, 0.25) is 0 Å².